The monoisotopic (exact) mass is 530 g/mol. The molecule has 0 saturated carbocycles. The molecule has 0 aliphatic rings. The topological polar surface area (TPSA) is 66.5 Å². The molecule has 190 valence electrons. The summed E-state index contributed by atoms with van der Waals surface area (Å²) in [6.07, 6.45) is 0.499. The Morgan fingerprint density at radius 1 is 0.838 bits per heavy atom. The molecule has 4 rings (SSSR count). The van der Waals surface area contributed by atoms with E-state index in [0.29, 0.717) is 17.7 Å². The second-order valence-corrected chi connectivity index (χ2v) is 11.8. The van der Waals surface area contributed by atoms with Crippen LogP contribution in [0.1, 0.15) is 16.7 Å². The molecule has 0 fully saturated rings. The number of amides is 1. The summed E-state index contributed by atoms with van der Waals surface area (Å²) in [5.74, 6) is -0.386. The van der Waals surface area contributed by atoms with Gasteiger partial charge < -0.3 is 5.32 Å². The summed E-state index contributed by atoms with van der Waals surface area (Å²) in [4.78, 5) is 15.4. The van der Waals surface area contributed by atoms with Gasteiger partial charge in [-0.2, -0.15) is 4.31 Å². The molecule has 4 aromatic rings. The number of nitrogens with zero attached hydrogens (tertiary/aromatic N) is 1. The van der Waals surface area contributed by atoms with Crippen molar-refractivity contribution in [1.82, 2.24) is 4.31 Å². The van der Waals surface area contributed by atoms with Gasteiger partial charge in [-0.05, 0) is 67.3 Å². The lowest BCUT2D eigenvalue weighted by atomic mass is 10.1. The van der Waals surface area contributed by atoms with Crippen LogP contribution in [0.2, 0.25) is 0 Å². The average molecular weight is 531 g/mol. The van der Waals surface area contributed by atoms with Crippen molar-refractivity contribution in [2.24, 2.45) is 0 Å². The van der Waals surface area contributed by atoms with Gasteiger partial charge in [-0.3, -0.25) is 4.79 Å². The summed E-state index contributed by atoms with van der Waals surface area (Å²) in [6, 6.07) is 32.5. The van der Waals surface area contributed by atoms with Gasteiger partial charge in [0, 0.05) is 16.3 Å². The third-order valence-corrected chi connectivity index (χ3v) is 8.98. The number of rotatable bonds is 10. The number of carbonyl (C=O) groups excluding carboxylic acids is 1. The van der Waals surface area contributed by atoms with Crippen molar-refractivity contribution >= 4 is 33.4 Å². The zero-order valence-corrected chi connectivity index (χ0v) is 22.6. The van der Waals surface area contributed by atoms with Gasteiger partial charge in [-0.25, -0.2) is 8.42 Å². The number of hydrogen-bond donors (Lipinski definition) is 1. The van der Waals surface area contributed by atoms with E-state index in [1.165, 1.54) is 4.31 Å². The van der Waals surface area contributed by atoms with Crippen LogP contribution >= 0.6 is 11.8 Å². The molecular weight excluding hydrogens is 500 g/mol. The highest BCUT2D eigenvalue weighted by Crippen LogP contribution is 2.33. The van der Waals surface area contributed by atoms with Crippen LogP contribution in [-0.4, -0.2) is 31.7 Å². The van der Waals surface area contributed by atoms with Gasteiger partial charge in [0.2, 0.25) is 15.9 Å². The van der Waals surface area contributed by atoms with E-state index in [-0.39, 0.29) is 23.9 Å². The summed E-state index contributed by atoms with van der Waals surface area (Å²) < 4.78 is 28.8. The van der Waals surface area contributed by atoms with E-state index in [1.807, 2.05) is 97.9 Å². The summed E-state index contributed by atoms with van der Waals surface area (Å²) >= 11 is 1.54. The van der Waals surface area contributed by atoms with Gasteiger partial charge in [0.25, 0.3) is 0 Å². The molecule has 5 nitrogen and oxygen atoms in total. The maximum atomic E-state index is 13.8. The second-order valence-electron chi connectivity index (χ2n) is 8.80. The molecule has 0 bridgehead atoms. The Labute approximate surface area is 223 Å². The minimum Gasteiger partial charge on any atom is -0.324 e. The first-order valence-electron chi connectivity index (χ1n) is 12.1. The van der Waals surface area contributed by atoms with Crippen LogP contribution in [0.15, 0.2) is 118 Å². The molecule has 37 heavy (non-hydrogen) atoms. The van der Waals surface area contributed by atoms with Crippen LogP contribution < -0.4 is 5.32 Å². The van der Waals surface area contributed by atoms with Crippen LogP contribution in [0.5, 0.6) is 0 Å². The van der Waals surface area contributed by atoms with Gasteiger partial charge in [0.15, 0.2) is 0 Å². The fraction of sp³-hybridized carbons (Fsp3) is 0.167. The van der Waals surface area contributed by atoms with Gasteiger partial charge in [-0.15, -0.1) is 0 Å². The van der Waals surface area contributed by atoms with Crippen molar-refractivity contribution < 1.29 is 13.2 Å². The Morgan fingerprint density at radius 2 is 1.49 bits per heavy atom. The van der Waals surface area contributed by atoms with Gasteiger partial charge >= 0.3 is 0 Å². The third-order valence-electron chi connectivity index (χ3n) is 5.91. The maximum absolute atomic E-state index is 13.8. The normalized spacial score (nSPS) is 11.4. The number of para-hydroxylation sites is 1. The zero-order chi connectivity index (χ0) is 26.3. The summed E-state index contributed by atoms with van der Waals surface area (Å²) in [5, 5.41) is 2.94. The summed E-state index contributed by atoms with van der Waals surface area (Å²) in [7, 11) is -3.90. The van der Waals surface area contributed by atoms with E-state index in [9.17, 15) is 13.2 Å². The molecule has 0 aliphatic carbocycles. The Bertz CT molecular complexity index is 1460. The average Bonchev–Trinajstić information content (AvgIpc) is 2.90. The van der Waals surface area contributed by atoms with Crippen molar-refractivity contribution in [2.45, 2.75) is 35.0 Å². The van der Waals surface area contributed by atoms with E-state index >= 15 is 0 Å². The van der Waals surface area contributed by atoms with Crippen molar-refractivity contribution in [3.8, 4) is 0 Å². The number of hydrogen-bond acceptors (Lipinski definition) is 4. The quantitative estimate of drug-likeness (QED) is 0.260. The van der Waals surface area contributed by atoms with Crippen LogP contribution in [0.4, 0.5) is 5.69 Å². The molecule has 0 saturated heterocycles. The second kappa shape index (κ2) is 12.2. The predicted octanol–water partition coefficient (Wildman–Crippen LogP) is 6.33. The van der Waals surface area contributed by atoms with E-state index < -0.39 is 10.0 Å². The molecule has 0 aromatic heterocycles. The van der Waals surface area contributed by atoms with Crippen LogP contribution in [-0.2, 0) is 21.2 Å². The fourth-order valence-corrected chi connectivity index (χ4v) is 6.56. The summed E-state index contributed by atoms with van der Waals surface area (Å²) in [5.41, 5.74) is 3.16. The van der Waals surface area contributed by atoms with E-state index in [4.69, 9.17) is 0 Å². The minimum absolute atomic E-state index is 0.188. The Morgan fingerprint density at radius 3 is 2.22 bits per heavy atom. The summed E-state index contributed by atoms with van der Waals surface area (Å²) in [6.45, 7) is 3.54. The standard InChI is InChI=1S/C30H30N2O3S2/c1-23-17-18-24(2)29(21-23)37(34,35)32(20-19-25-11-5-3-6-12-25)22-30(33)31-27-15-9-10-16-28(27)36-26-13-7-4-8-14-26/h3-18,21H,19-20,22H2,1-2H3,(H,31,33). The van der Waals surface area contributed by atoms with Crippen molar-refractivity contribution in [1.29, 1.82) is 0 Å². The molecule has 0 radical (unpaired) electrons. The first-order valence-corrected chi connectivity index (χ1v) is 14.3. The molecule has 0 aliphatic heterocycles. The molecule has 7 heteroatoms. The molecular formula is C30H30N2O3S2. The van der Waals surface area contributed by atoms with Crippen LogP contribution in [0.25, 0.3) is 0 Å². The smallest absolute Gasteiger partial charge is 0.243 e. The number of benzene rings is 4. The molecule has 0 spiro atoms. The van der Waals surface area contributed by atoms with E-state index in [0.717, 1.165) is 20.9 Å². The SMILES string of the molecule is Cc1ccc(C)c(S(=O)(=O)N(CCc2ccccc2)CC(=O)Nc2ccccc2Sc2ccccc2)c1. The molecule has 0 atom stereocenters. The van der Waals surface area contributed by atoms with Crippen molar-refractivity contribution in [2.75, 3.05) is 18.4 Å². The van der Waals surface area contributed by atoms with E-state index in [1.54, 1.807) is 30.8 Å². The van der Waals surface area contributed by atoms with Crippen molar-refractivity contribution in [3.63, 3.8) is 0 Å². The van der Waals surface area contributed by atoms with Crippen molar-refractivity contribution in [3.05, 3.63) is 120 Å². The Kier molecular flexibility index (Phi) is 8.82. The third kappa shape index (κ3) is 7.10. The highest BCUT2D eigenvalue weighted by molar-refractivity contribution is 7.99. The first-order chi connectivity index (χ1) is 17.8. The molecule has 1 amide bonds. The number of nitrogens with one attached hydrogen (secondary N) is 1. The first kappa shape index (κ1) is 26.7. The highest BCUT2D eigenvalue weighted by Gasteiger charge is 2.28. The molecule has 0 unspecified atom stereocenters. The van der Waals surface area contributed by atoms with Crippen LogP contribution in [0, 0.1) is 13.8 Å². The Balaban J connectivity index is 1.57. The number of carbonyl (C=O) groups is 1. The minimum atomic E-state index is -3.90. The van der Waals surface area contributed by atoms with Gasteiger partial charge in [0.05, 0.1) is 17.1 Å². The molecule has 4 aromatic carbocycles. The maximum Gasteiger partial charge on any atom is 0.243 e. The zero-order valence-electron chi connectivity index (χ0n) is 20.9. The lowest BCUT2D eigenvalue weighted by molar-refractivity contribution is -0.116. The van der Waals surface area contributed by atoms with Gasteiger partial charge in [0.1, 0.15) is 0 Å². The van der Waals surface area contributed by atoms with Crippen LogP contribution in [0.3, 0.4) is 0 Å². The Hall–Kier alpha value is -3.39. The lowest BCUT2D eigenvalue weighted by Gasteiger charge is -2.23. The number of anilines is 1. The largest absolute Gasteiger partial charge is 0.324 e. The highest BCUT2D eigenvalue weighted by atomic mass is 32.2. The lowest BCUT2D eigenvalue weighted by Crippen LogP contribution is -2.39. The number of aryl methyl sites for hydroxylation is 2. The van der Waals surface area contributed by atoms with Gasteiger partial charge in [-0.1, -0.05) is 84.6 Å². The molecule has 1 N–H and O–H groups in total. The fourth-order valence-electron chi connectivity index (χ4n) is 3.93. The predicted molar refractivity (Wildman–Crippen MR) is 150 cm³/mol. The number of sulfonamides is 1. The van der Waals surface area contributed by atoms with E-state index in [2.05, 4.69) is 5.32 Å². The molecule has 0 heterocycles.